The molecule has 2 rings (SSSR count). The van der Waals surface area contributed by atoms with Crippen molar-refractivity contribution in [3.63, 3.8) is 0 Å². The van der Waals surface area contributed by atoms with Crippen LogP contribution in [-0.4, -0.2) is 38.6 Å². The fraction of sp³-hybridized carbons (Fsp3) is 0.188. The smallest absolute Gasteiger partial charge is 0.406 e. The molecule has 2 aromatic carbocycles. The number of hydrogen-bond donors (Lipinski definition) is 1. The number of benzene rings is 2. The molecule has 11 heteroatoms. The predicted molar refractivity (Wildman–Crippen MR) is 93.0 cm³/mol. The van der Waals surface area contributed by atoms with E-state index in [0.29, 0.717) is 5.02 Å². The molecule has 6 nitrogen and oxygen atoms in total. The largest absolute Gasteiger partial charge is 0.573 e. The SMILES string of the molecule is CN(CC(=O)Nc1cccc(OC(F)(F)F)c1)S(=O)(=O)c1ccc(Cl)cc1. The molecule has 0 fully saturated rings. The molecule has 0 spiro atoms. The molecule has 0 aliphatic carbocycles. The zero-order valence-electron chi connectivity index (χ0n) is 13.8. The van der Waals surface area contributed by atoms with E-state index in [0.717, 1.165) is 16.4 Å². The van der Waals surface area contributed by atoms with Crippen LogP contribution in [0.4, 0.5) is 18.9 Å². The van der Waals surface area contributed by atoms with Crippen molar-refractivity contribution < 1.29 is 31.1 Å². The number of nitrogens with zero attached hydrogens (tertiary/aromatic N) is 1. The number of anilines is 1. The van der Waals surface area contributed by atoms with Gasteiger partial charge in [-0.3, -0.25) is 4.79 Å². The van der Waals surface area contributed by atoms with Crippen LogP contribution in [0.2, 0.25) is 5.02 Å². The van der Waals surface area contributed by atoms with Crippen molar-refractivity contribution in [1.29, 1.82) is 0 Å². The summed E-state index contributed by atoms with van der Waals surface area (Å²) >= 11 is 5.72. The van der Waals surface area contributed by atoms with Gasteiger partial charge in [-0.15, -0.1) is 13.2 Å². The van der Waals surface area contributed by atoms with E-state index in [1.807, 2.05) is 0 Å². The highest BCUT2D eigenvalue weighted by atomic mass is 35.5. The van der Waals surface area contributed by atoms with Gasteiger partial charge in [0.1, 0.15) is 5.75 Å². The molecule has 0 unspecified atom stereocenters. The third-order valence-electron chi connectivity index (χ3n) is 3.24. The van der Waals surface area contributed by atoms with Crippen molar-refractivity contribution in [2.24, 2.45) is 0 Å². The first-order valence-electron chi connectivity index (χ1n) is 7.35. The molecule has 0 saturated carbocycles. The molecule has 0 aliphatic heterocycles. The molecule has 0 heterocycles. The fourth-order valence-corrected chi connectivity index (χ4v) is 3.30. The van der Waals surface area contributed by atoms with E-state index in [9.17, 15) is 26.4 Å². The van der Waals surface area contributed by atoms with Gasteiger partial charge in [0, 0.05) is 23.8 Å². The van der Waals surface area contributed by atoms with Gasteiger partial charge < -0.3 is 10.1 Å². The third kappa shape index (κ3) is 6.12. The summed E-state index contributed by atoms with van der Waals surface area (Å²) in [6, 6.07) is 10.0. The van der Waals surface area contributed by atoms with E-state index in [4.69, 9.17) is 11.6 Å². The number of halogens is 4. The van der Waals surface area contributed by atoms with Crippen molar-refractivity contribution in [2.45, 2.75) is 11.3 Å². The highest BCUT2D eigenvalue weighted by Gasteiger charge is 2.31. The Labute approximate surface area is 158 Å². The third-order valence-corrected chi connectivity index (χ3v) is 5.31. The Bertz CT molecular complexity index is 918. The van der Waals surface area contributed by atoms with Crippen molar-refractivity contribution >= 4 is 33.2 Å². The summed E-state index contributed by atoms with van der Waals surface area (Å²) in [4.78, 5) is 12.0. The zero-order valence-corrected chi connectivity index (χ0v) is 15.4. The van der Waals surface area contributed by atoms with Crippen molar-refractivity contribution in [3.8, 4) is 5.75 Å². The Morgan fingerprint density at radius 1 is 1.19 bits per heavy atom. The van der Waals surface area contributed by atoms with Gasteiger partial charge in [0.25, 0.3) is 0 Å². The van der Waals surface area contributed by atoms with E-state index in [1.54, 1.807) is 0 Å². The fourth-order valence-electron chi connectivity index (χ4n) is 2.05. The van der Waals surface area contributed by atoms with Crippen LogP contribution in [0.3, 0.4) is 0 Å². The molecule has 146 valence electrons. The number of likely N-dealkylation sites (N-methyl/N-ethyl adjacent to an activating group) is 1. The maximum Gasteiger partial charge on any atom is 0.573 e. The number of ether oxygens (including phenoxy) is 1. The number of carbonyl (C=O) groups excluding carboxylic acids is 1. The van der Waals surface area contributed by atoms with Crippen LogP contribution in [0.25, 0.3) is 0 Å². The lowest BCUT2D eigenvalue weighted by molar-refractivity contribution is -0.274. The highest BCUT2D eigenvalue weighted by Crippen LogP contribution is 2.25. The highest BCUT2D eigenvalue weighted by molar-refractivity contribution is 7.89. The van der Waals surface area contributed by atoms with E-state index < -0.39 is 34.6 Å². The van der Waals surface area contributed by atoms with Crippen LogP contribution < -0.4 is 10.1 Å². The van der Waals surface area contributed by atoms with Crippen molar-refractivity contribution in [3.05, 3.63) is 53.6 Å². The lowest BCUT2D eigenvalue weighted by atomic mass is 10.3. The number of sulfonamides is 1. The molecule has 0 atom stereocenters. The first kappa shape index (κ1) is 21.0. The summed E-state index contributed by atoms with van der Waals surface area (Å²) in [5.74, 6) is -1.25. The maximum atomic E-state index is 12.4. The molecule has 0 saturated heterocycles. The van der Waals surface area contributed by atoms with Gasteiger partial charge in [-0.05, 0) is 36.4 Å². The summed E-state index contributed by atoms with van der Waals surface area (Å²) in [6.07, 6.45) is -4.87. The standard InChI is InChI=1S/C16H14ClF3N2O4S/c1-22(27(24,25)14-7-5-11(17)6-8-14)10-15(23)21-12-3-2-4-13(9-12)26-16(18,19)20/h2-9H,10H2,1H3,(H,21,23). The molecule has 0 aliphatic rings. The number of rotatable bonds is 6. The minimum Gasteiger partial charge on any atom is -0.406 e. The van der Waals surface area contributed by atoms with Crippen LogP contribution in [-0.2, 0) is 14.8 Å². The maximum absolute atomic E-state index is 12.4. The van der Waals surface area contributed by atoms with E-state index in [-0.39, 0.29) is 10.6 Å². The Morgan fingerprint density at radius 2 is 1.81 bits per heavy atom. The molecule has 0 bridgehead atoms. The second-order valence-electron chi connectivity index (χ2n) is 5.34. The van der Waals surface area contributed by atoms with Crippen LogP contribution in [0.15, 0.2) is 53.4 Å². The second-order valence-corrected chi connectivity index (χ2v) is 7.82. The molecule has 27 heavy (non-hydrogen) atoms. The Hall–Kier alpha value is -2.30. The number of carbonyl (C=O) groups is 1. The first-order chi connectivity index (χ1) is 12.5. The van der Waals surface area contributed by atoms with Gasteiger partial charge in [-0.25, -0.2) is 8.42 Å². The Balaban J connectivity index is 2.05. The minimum atomic E-state index is -4.87. The predicted octanol–water partition coefficient (Wildman–Crippen LogP) is 3.50. The lowest BCUT2D eigenvalue weighted by Crippen LogP contribution is -2.34. The molecular formula is C16H14ClF3N2O4S. The zero-order chi connectivity index (χ0) is 20.2. The van der Waals surface area contributed by atoms with Crippen LogP contribution in [0.5, 0.6) is 5.75 Å². The molecule has 0 aromatic heterocycles. The summed E-state index contributed by atoms with van der Waals surface area (Å²) in [7, 11) is -2.73. The average Bonchev–Trinajstić information content (AvgIpc) is 2.53. The van der Waals surface area contributed by atoms with Gasteiger partial charge in [0.15, 0.2) is 0 Å². The number of nitrogens with one attached hydrogen (secondary N) is 1. The van der Waals surface area contributed by atoms with Crippen LogP contribution >= 0.6 is 11.6 Å². The quantitative estimate of drug-likeness (QED) is 0.773. The number of amides is 1. The van der Waals surface area contributed by atoms with Gasteiger partial charge in [-0.2, -0.15) is 4.31 Å². The van der Waals surface area contributed by atoms with Crippen LogP contribution in [0, 0.1) is 0 Å². The normalized spacial score (nSPS) is 12.1. The monoisotopic (exact) mass is 422 g/mol. The van der Waals surface area contributed by atoms with Crippen molar-refractivity contribution in [2.75, 3.05) is 18.9 Å². The average molecular weight is 423 g/mol. The summed E-state index contributed by atoms with van der Waals surface area (Å²) in [5, 5.41) is 2.67. The minimum absolute atomic E-state index is 0.0269. The molecule has 1 N–H and O–H groups in total. The molecule has 2 aromatic rings. The lowest BCUT2D eigenvalue weighted by Gasteiger charge is -2.17. The summed E-state index contributed by atoms with van der Waals surface area (Å²) in [6.45, 7) is -0.546. The van der Waals surface area contributed by atoms with E-state index in [1.165, 1.54) is 43.4 Å². The second kappa shape index (κ2) is 8.15. The summed E-state index contributed by atoms with van der Waals surface area (Å²) < 4.78 is 66.1. The van der Waals surface area contributed by atoms with Gasteiger partial charge in [0.2, 0.25) is 15.9 Å². The topological polar surface area (TPSA) is 75.7 Å². The molecule has 1 amide bonds. The number of hydrogen-bond acceptors (Lipinski definition) is 4. The van der Waals surface area contributed by atoms with E-state index >= 15 is 0 Å². The van der Waals surface area contributed by atoms with Crippen LogP contribution in [0.1, 0.15) is 0 Å². The number of alkyl halides is 3. The van der Waals surface area contributed by atoms with Gasteiger partial charge in [-0.1, -0.05) is 17.7 Å². The molecular weight excluding hydrogens is 409 g/mol. The Morgan fingerprint density at radius 3 is 2.41 bits per heavy atom. The Kier molecular flexibility index (Phi) is 6.34. The van der Waals surface area contributed by atoms with Gasteiger partial charge >= 0.3 is 6.36 Å². The van der Waals surface area contributed by atoms with E-state index in [2.05, 4.69) is 10.1 Å². The van der Waals surface area contributed by atoms with Crippen molar-refractivity contribution in [1.82, 2.24) is 4.31 Å². The summed E-state index contributed by atoms with van der Waals surface area (Å²) in [5.41, 5.74) is 0.0269. The first-order valence-corrected chi connectivity index (χ1v) is 9.17. The van der Waals surface area contributed by atoms with Gasteiger partial charge in [0.05, 0.1) is 11.4 Å². The molecule has 0 radical (unpaired) electrons.